The number of nitrogens with zero attached hydrogens (tertiary/aromatic N) is 4. The first-order valence-electron chi connectivity index (χ1n) is 9.58. The van der Waals surface area contributed by atoms with Gasteiger partial charge < -0.3 is 5.11 Å². The molecule has 0 radical (unpaired) electrons. The summed E-state index contributed by atoms with van der Waals surface area (Å²) in [5.41, 5.74) is 1.43. The van der Waals surface area contributed by atoms with Crippen LogP contribution in [0.15, 0.2) is 47.4 Å². The van der Waals surface area contributed by atoms with E-state index >= 15 is 0 Å². The van der Waals surface area contributed by atoms with Crippen LogP contribution < -0.4 is 4.72 Å². The van der Waals surface area contributed by atoms with E-state index < -0.39 is 40.8 Å². The monoisotopic (exact) mass is 511 g/mol. The highest BCUT2D eigenvalue weighted by Crippen LogP contribution is 2.25. The van der Waals surface area contributed by atoms with Gasteiger partial charge in [0.2, 0.25) is 10.0 Å². The predicted octanol–water partition coefficient (Wildman–Crippen LogP) is 2.27. The maximum absolute atomic E-state index is 12.7. The quantitative estimate of drug-likeness (QED) is 0.421. The van der Waals surface area contributed by atoms with E-state index in [1.165, 1.54) is 12.1 Å². The standard InChI is InChI=1S/C20H19Cl2N5O5S/c1-12-5-7-13(8-6-12)33(31,32)25-17(10-20(29)30)18(28)11-27-24-19(23-26-27)9-14-15(21)3-2-4-16(14)22/h2-8,17,25H,9-11H2,1H3,(H,29,30). The minimum atomic E-state index is -4.13. The molecule has 0 fully saturated rings. The van der Waals surface area contributed by atoms with Gasteiger partial charge in [0, 0.05) is 16.5 Å². The number of aliphatic carboxylic acids is 1. The Morgan fingerprint density at radius 1 is 1.12 bits per heavy atom. The molecule has 0 amide bonds. The molecule has 2 N–H and O–H groups in total. The van der Waals surface area contributed by atoms with E-state index in [9.17, 15) is 18.0 Å². The summed E-state index contributed by atoms with van der Waals surface area (Å²) in [4.78, 5) is 24.8. The van der Waals surface area contributed by atoms with Crippen molar-refractivity contribution in [2.75, 3.05) is 0 Å². The molecule has 0 spiro atoms. The van der Waals surface area contributed by atoms with Gasteiger partial charge in [0.05, 0.1) is 17.4 Å². The average molecular weight is 512 g/mol. The molecule has 1 aromatic heterocycles. The molecule has 174 valence electrons. The summed E-state index contributed by atoms with van der Waals surface area (Å²) in [5, 5.41) is 21.7. The van der Waals surface area contributed by atoms with Gasteiger partial charge in [-0.3, -0.25) is 9.59 Å². The third-order valence-corrected chi connectivity index (χ3v) is 6.78. The Morgan fingerprint density at radius 2 is 1.76 bits per heavy atom. The second-order valence-electron chi connectivity index (χ2n) is 7.16. The molecule has 1 heterocycles. The van der Waals surface area contributed by atoms with Gasteiger partial charge in [-0.25, -0.2) is 8.42 Å². The topological polar surface area (TPSA) is 144 Å². The Kier molecular flexibility index (Phi) is 7.80. The Bertz CT molecular complexity index is 1260. The number of nitrogens with one attached hydrogen (secondary N) is 1. The number of sulfonamides is 1. The van der Waals surface area contributed by atoms with E-state index in [1.54, 1.807) is 37.3 Å². The minimum Gasteiger partial charge on any atom is -0.481 e. The summed E-state index contributed by atoms with van der Waals surface area (Å²) >= 11 is 12.3. The number of rotatable bonds is 10. The number of ketones is 1. The fourth-order valence-corrected chi connectivity index (χ4v) is 4.64. The minimum absolute atomic E-state index is 0.0888. The highest BCUT2D eigenvalue weighted by molar-refractivity contribution is 7.89. The van der Waals surface area contributed by atoms with Crippen LogP contribution in [0.4, 0.5) is 0 Å². The van der Waals surface area contributed by atoms with Crippen LogP contribution in [-0.4, -0.2) is 51.5 Å². The largest absolute Gasteiger partial charge is 0.481 e. The molecule has 3 aromatic rings. The number of carbonyl (C=O) groups excluding carboxylic acids is 1. The van der Waals surface area contributed by atoms with Crippen molar-refractivity contribution >= 4 is 45.0 Å². The Labute approximate surface area is 199 Å². The predicted molar refractivity (Wildman–Crippen MR) is 120 cm³/mol. The van der Waals surface area contributed by atoms with Crippen LogP contribution in [0.3, 0.4) is 0 Å². The Morgan fingerprint density at radius 3 is 2.36 bits per heavy atom. The molecule has 0 bridgehead atoms. The Hall–Kier alpha value is -2.86. The summed E-state index contributed by atoms with van der Waals surface area (Å²) in [5.74, 6) is -1.86. The lowest BCUT2D eigenvalue weighted by Crippen LogP contribution is -2.43. The second kappa shape index (κ2) is 10.4. The Balaban J connectivity index is 1.74. The number of carboxylic acids is 1. The number of hydrogen-bond acceptors (Lipinski definition) is 7. The van der Waals surface area contributed by atoms with Crippen molar-refractivity contribution in [1.29, 1.82) is 0 Å². The maximum Gasteiger partial charge on any atom is 0.305 e. The molecule has 33 heavy (non-hydrogen) atoms. The number of Topliss-reactive ketones (excluding diaryl/α,β-unsaturated/α-hetero) is 1. The van der Waals surface area contributed by atoms with Crippen molar-refractivity contribution < 1.29 is 23.1 Å². The molecule has 0 saturated carbocycles. The lowest BCUT2D eigenvalue weighted by molar-refractivity contribution is -0.139. The van der Waals surface area contributed by atoms with Crippen molar-refractivity contribution in [1.82, 2.24) is 24.9 Å². The lowest BCUT2D eigenvalue weighted by Gasteiger charge is -2.16. The first-order valence-corrected chi connectivity index (χ1v) is 11.8. The molecule has 3 rings (SSSR count). The van der Waals surface area contributed by atoms with Crippen LogP contribution in [0.25, 0.3) is 0 Å². The SMILES string of the molecule is Cc1ccc(S(=O)(=O)NC(CC(=O)O)C(=O)Cn2nnc(Cc3c(Cl)cccc3Cl)n2)cc1. The van der Waals surface area contributed by atoms with Crippen molar-refractivity contribution in [2.45, 2.75) is 37.2 Å². The number of carbonyl (C=O) groups is 2. The fourth-order valence-electron chi connectivity index (χ4n) is 2.89. The van der Waals surface area contributed by atoms with Gasteiger partial charge in [0.25, 0.3) is 0 Å². The van der Waals surface area contributed by atoms with Gasteiger partial charge in [-0.05, 0) is 42.0 Å². The van der Waals surface area contributed by atoms with E-state index in [4.69, 9.17) is 28.3 Å². The first-order chi connectivity index (χ1) is 15.5. The average Bonchev–Trinajstić information content (AvgIpc) is 3.17. The molecule has 2 aromatic carbocycles. The number of tetrazole rings is 1. The zero-order valence-corrected chi connectivity index (χ0v) is 19.6. The van der Waals surface area contributed by atoms with Crippen LogP contribution in [0.5, 0.6) is 0 Å². The van der Waals surface area contributed by atoms with Crippen LogP contribution >= 0.6 is 23.2 Å². The molecular formula is C20H19Cl2N5O5S. The molecular weight excluding hydrogens is 493 g/mol. The van der Waals surface area contributed by atoms with Crippen LogP contribution in [0.2, 0.25) is 10.0 Å². The van der Waals surface area contributed by atoms with E-state index in [-0.39, 0.29) is 17.1 Å². The number of halogens is 2. The zero-order chi connectivity index (χ0) is 24.2. The van der Waals surface area contributed by atoms with Gasteiger partial charge in [0.1, 0.15) is 6.54 Å². The highest BCUT2D eigenvalue weighted by atomic mass is 35.5. The number of hydrogen-bond donors (Lipinski definition) is 2. The lowest BCUT2D eigenvalue weighted by atomic mass is 10.1. The molecule has 10 nitrogen and oxygen atoms in total. The first kappa shape index (κ1) is 24.8. The van der Waals surface area contributed by atoms with Crippen LogP contribution in [-0.2, 0) is 32.6 Å². The van der Waals surface area contributed by atoms with Crippen LogP contribution in [0, 0.1) is 6.92 Å². The zero-order valence-electron chi connectivity index (χ0n) is 17.3. The van der Waals surface area contributed by atoms with Gasteiger partial charge in [0.15, 0.2) is 11.6 Å². The summed E-state index contributed by atoms with van der Waals surface area (Å²) in [6, 6.07) is 9.40. The highest BCUT2D eigenvalue weighted by Gasteiger charge is 2.28. The molecule has 1 unspecified atom stereocenters. The smallest absolute Gasteiger partial charge is 0.305 e. The summed E-state index contributed by atoms with van der Waals surface area (Å²) in [7, 11) is -4.13. The van der Waals surface area contributed by atoms with Crippen molar-refractivity contribution in [3.8, 4) is 0 Å². The van der Waals surface area contributed by atoms with Crippen LogP contribution in [0.1, 0.15) is 23.4 Å². The summed E-state index contributed by atoms with van der Waals surface area (Å²) in [6.45, 7) is 1.30. The van der Waals surface area contributed by atoms with Crippen molar-refractivity contribution in [2.24, 2.45) is 0 Å². The number of benzene rings is 2. The van der Waals surface area contributed by atoms with Gasteiger partial charge >= 0.3 is 5.97 Å². The van der Waals surface area contributed by atoms with Crippen molar-refractivity contribution in [3.63, 3.8) is 0 Å². The summed E-state index contributed by atoms with van der Waals surface area (Å²) in [6.07, 6.45) is -0.591. The van der Waals surface area contributed by atoms with E-state index in [1.807, 2.05) is 0 Å². The molecule has 1 atom stereocenters. The van der Waals surface area contributed by atoms with Gasteiger partial charge in [-0.2, -0.15) is 9.52 Å². The molecule has 0 aliphatic rings. The van der Waals surface area contributed by atoms with E-state index in [2.05, 4.69) is 20.1 Å². The molecule has 0 aliphatic heterocycles. The third-order valence-electron chi connectivity index (χ3n) is 4.58. The third kappa shape index (κ3) is 6.57. The van der Waals surface area contributed by atoms with E-state index in [0.717, 1.165) is 10.4 Å². The second-order valence-corrected chi connectivity index (χ2v) is 9.69. The molecule has 13 heteroatoms. The fraction of sp³-hybridized carbons (Fsp3) is 0.250. The van der Waals surface area contributed by atoms with E-state index in [0.29, 0.717) is 15.6 Å². The van der Waals surface area contributed by atoms with Crippen molar-refractivity contribution in [3.05, 3.63) is 69.5 Å². The number of aryl methyl sites for hydroxylation is 1. The molecule has 0 saturated heterocycles. The molecule has 0 aliphatic carbocycles. The normalized spacial score (nSPS) is 12.5. The number of aromatic nitrogens is 4. The van der Waals surface area contributed by atoms with Gasteiger partial charge in [-0.15, -0.1) is 10.2 Å². The van der Waals surface area contributed by atoms with Gasteiger partial charge in [-0.1, -0.05) is 47.0 Å². The maximum atomic E-state index is 12.7. The summed E-state index contributed by atoms with van der Waals surface area (Å²) < 4.78 is 27.4. The number of carboxylic acid groups (broad SMARTS) is 1.